The van der Waals surface area contributed by atoms with E-state index >= 15 is 0 Å². The molecule has 0 aliphatic carbocycles. The highest BCUT2D eigenvalue weighted by molar-refractivity contribution is 6.30. The summed E-state index contributed by atoms with van der Waals surface area (Å²) in [5, 5.41) is 12.1. The van der Waals surface area contributed by atoms with Crippen LogP contribution in [0.15, 0.2) is 24.4 Å². The van der Waals surface area contributed by atoms with Crippen LogP contribution in [0.4, 0.5) is 0 Å². The van der Waals surface area contributed by atoms with Crippen LogP contribution in [0.25, 0.3) is 21.7 Å². The van der Waals surface area contributed by atoms with E-state index in [2.05, 4.69) is 15.4 Å². The summed E-state index contributed by atoms with van der Waals surface area (Å²) in [6.45, 7) is 0.233. The van der Waals surface area contributed by atoms with Gasteiger partial charge in [0.15, 0.2) is 0 Å². The summed E-state index contributed by atoms with van der Waals surface area (Å²) in [5.41, 5.74) is 3.92. The van der Waals surface area contributed by atoms with Crippen LogP contribution in [0.1, 0.15) is 16.1 Å². The summed E-state index contributed by atoms with van der Waals surface area (Å²) in [4.78, 5) is 18.6. The van der Waals surface area contributed by atoms with Crippen molar-refractivity contribution in [2.75, 3.05) is 0 Å². The molecule has 6 nitrogen and oxygen atoms in total. The molecule has 3 rings (SSSR count). The number of pyridine rings is 1. The molecule has 7 heteroatoms. The van der Waals surface area contributed by atoms with E-state index in [-0.39, 0.29) is 12.1 Å². The Bertz CT molecular complexity index is 828. The van der Waals surface area contributed by atoms with Crippen LogP contribution in [0.5, 0.6) is 0 Å². The molecule has 102 valence electrons. The Kier molecular flexibility index (Phi) is 3.06. The number of carbonyl (C=O) groups is 1. The number of fused-ring (bicyclic) bond motifs is 3. The minimum absolute atomic E-state index is 0.216. The number of rotatable bonds is 3. The van der Waals surface area contributed by atoms with Gasteiger partial charge in [0.1, 0.15) is 5.15 Å². The fraction of sp³-hybridized carbons (Fsp3) is 0.0769. The lowest BCUT2D eigenvalue weighted by atomic mass is 10.1. The lowest BCUT2D eigenvalue weighted by Crippen LogP contribution is -2.22. The molecule has 0 bridgehead atoms. The van der Waals surface area contributed by atoms with E-state index in [1.807, 2.05) is 6.07 Å². The molecule has 2 heterocycles. The number of carboxylic acids is 1. The lowest BCUT2D eigenvalue weighted by molar-refractivity contribution is 0.0697. The molecular weight excluding hydrogens is 280 g/mol. The van der Waals surface area contributed by atoms with Crippen molar-refractivity contribution in [3.05, 3.63) is 40.8 Å². The van der Waals surface area contributed by atoms with Gasteiger partial charge in [-0.3, -0.25) is 11.3 Å². The maximum Gasteiger partial charge on any atom is 0.338 e. The number of aromatic carboxylic acids is 1. The molecule has 0 saturated carbocycles. The van der Waals surface area contributed by atoms with Gasteiger partial charge in [-0.1, -0.05) is 23.7 Å². The molecule has 0 spiro atoms. The van der Waals surface area contributed by atoms with Gasteiger partial charge in [-0.25, -0.2) is 9.78 Å². The molecule has 0 amide bonds. The van der Waals surface area contributed by atoms with Gasteiger partial charge in [0.2, 0.25) is 0 Å². The van der Waals surface area contributed by atoms with Gasteiger partial charge < -0.3 is 10.1 Å². The van der Waals surface area contributed by atoms with E-state index in [0.717, 1.165) is 16.3 Å². The first-order chi connectivity index (χ1) is 9.61. The Morgan fingerprint density at radius 2 is 2.25 bits per heavy atom. The number of nitrogens with two attached hydrogens (primary N) is 1. The van der Waals surface area contributed by atoms with Crippen LogP contribution < -0.4 is 11.3 Å². The Morgan fingerprint density at radius 3 is 2.95 bits per heavy atom. The van der Waals surface area contributed by atoms with Gasteiger partial charge in [0, 0.05) is 28.0 Å². The maximum atomic E-state index is 11.4. The molecular formula is C13H11ClN4O2. The van der Waals surface area contributed by atoms with Gasteiger partial charge >= 0.3 is 5.97 Å². The number of benzene rings is 1. The SMILES string of the molecule is NNCc1[nH]c2c(ccc3cnc(Cl)cc32)c1C(=O)O. The second-order valence-electron chi connectivity index (χ2n) is 4.38. The molecule has 0 fully saturated rings. The van der Waals surface area contributed by atoms with Crippen LogP contribution in [0.3, 0.4) is 0 Å². The molecule has 0 atom stereocenters. The van der Waals surface area contributed by atoms with Crippen molar-refractivity contribution in [2.24, 2.45) is 5.84 Å². The van der Waals surface area contributed by atoms with E-state index in [4.69, 9.17) is 17.4 Å². The van der Waals surface area contributed by atoms with Crippen LogP contribution >= 0.6 is 11.6 Å². The third-order valence-corrected chi connectivity index (χ3v) is 3.42. The third-order valence-electron chi connectivity index (χ3n) is 3.21. The molecule has 0 aliphatic heterocycles. The molecule has 2 aromatic heterocycles. The van der Waals surface area contributed by atoms with E-state index in [9.17, 15) is 9.90 Å². The largest absolute Gasteiger partial charge is 0.478 e. The number of hydrazine groups is 1. The minimum Gasteiger partial charge on any atom is -0.478 e. The lowest BCUT2D eigenvalue weighted by Gasteiger charge is -2.00. The second kappa shape index (κ2) is 4.75. The standard InChI is InChI=1S/C13H11ClN4O2/c14-10-3-8-6(4-16-10)1-2-7-11(13(19)20)9(5-17-15)18-12(7)8/h1-4,17-18H,5,15H2,(H,19,20). The number of H-pyrrole nitrogens is 1. The van der Waals surface area contributed by atoms with E-state index in [1.165, 1.54) is 0 Å². The number of carboxylic acid groups (broad SMARTS) is 1. The third kappa shape index (κ3) is 1.90. The summed E-state index contributed by atoms with van der Waals surface area (Å²) in [5.74, 6) is 4.30. The molecule has 0 saturated heterocycles. The zero-order chi connectivity index (χ0) is 14.3. The van der Waals surface area contributed by atoms with Crippen molar-refractivity contribution < 1.29 is 9.90 Å². The van der Waals surface area contributed by atoms with Gasteiger partial charge in [0.05, 0.1) is 17.6 Å². The number of aromatic nitrogens is 2. The van der Waals surface area contributed by atoms with E-state index in [0.29, 0.717) is 16.2 Å². The summed E-state index contributed by atoms with van der Waals surface area (Å²) < 4.78 is 0. The van der Waals surface area contributed by atoms with Gasteiger partial charge in [-0.05, 0) is 6.07 Å². The van der Waals surface area contributed by atoms with Crippen molar-refractivity contribution in [1.29, 1.82) is 0 Å². The average Bonchev–Trinajstić information content (AvgIpc) is 2.77. The van der Waals surface area contributed by atoms with E-state index < -0.39 is 5.97 Å². The predicted molar refractivity (Wildman–Crippen MR) is 76.6 cm³/mol. The Hall–Kier alpha value is -2.15. The van der Waals surface area contributed by atoms with Crippen LogP contribution in [0.2, 0.25) is 5.15 Å². The Morgan fingerprint density at radius 1 is 1.45 bits per heavy atom. The fourth-order valence-corrected chi connectivity index (χ4v) is 2.55. The predicted octanol–water partition coefficient (Wildman–Crippen LogP) is 2.03. The Balaban J connectivity index is 2.42. The van der Waals surface area contributed by atoms with Crippen LogP contribution in [0, 0.1) is 0 Å². The molecule has 1 aromatic carbocycles. The monoisotopic (exact) mass is 290 g/mol. The van der Waals surface area contributed by atoms with Gasteiger partial charge in [0.25, 0.3) is 0 Å². The minimum atomic E-state index is -0.999. The number of aromatic amines is 1. The van der Waals surface area contributed by atoms with Crippen molar-refractivity contribution in [1.82, 2.24) is 15.4 Å². The first-order valence-corrected chi connectivity index (χ1v) is 6.25. The quantitative estimate of drug-likeness (QED) is 0.336. The van der Waals surface area contributed by atoms with Crippen LogP contribution in [-0.2, 0) is 6.54 Å². The van der Waals surface area contributed by atoms with Crippen molar-refractivity contribution >= 4 is 39.2 Å². The number of nitrogens with zero attached hydrogens (tertiary/aromatic N) is 1. The van der Waals surface area contributed by atoms with Crippen molar-refractivity contribution in [2.45, 2.75) is 6.54 Å². The van der Waals surface area contributed by atoms with Crippen LogP contribution in [-0.4, -0.2) is 21.0 Å². The first kappa shape index (κ1) is 12.9. The van der Waals surface area contributed by atoms with Gasteiger partial charge in [-0.15, -0.1) is 0 Å². The summed E-state index contributed by atoms with van der Waals surface area (Å²) in [6.07, 6.45) is 1.65. The second-order valence-corrected chi connectivity index (χ2v) is 4.77. The zero-order valence-corrected chi connectivity index (χ0v) is 11.0. The molecule has 20 heavy (non-hydrogen) atoms. The first-order valence-electron chi connectivity index (χ1n) is 5.87. The Labute approximate surface area is 118 Å². The summed E-state index contributed by atoms with van der Waals surface area (Å²) in [7, 11) is 0. The molecule has 0 unspecified atom stereocenters. The smallest absolute Gasteiger partial charge is 0.338 e. The highest BCUT2D eigenvalue weighted by Crippen LogP contribution is 2.30. The summed E-state index contributed by atoms with van der Waals surface area (Å²) >= 11 is 5.92. The van der Waals surface area contributed by atoms with Crippen molar-refractivity contribution in [3.63, 3.8) is 0 Å². The number of hydrogen-bond donors (Lipinski definition) is 4. The maximum absolute atomic E-state index is 11.4. The fourth-order valence-electron chi connectivity index (χ4n) is 2.39. The number of nitrogens with one attached hydrogen (secondary N) is 2. The van der Waals surface area contributed by atoms with Gasteiger partial charge in [-0.2, -0.15) is 0 Å². The highest BCUT2D eigenvalue weighted by atomic mass is 35.5. The average molecular weight is 291 g/mol. The molecule has 5 N–H and O–H groups in total. The molecule has 0 radical (unpaired) electrons. The zero-order valence-electron chi connectivity index (χ0n) is 10.3. The topological polar surface area (TPSA) is 104 Å². The highest BCUT2D eigenvalue weighted by Gasteiger charge is 2.18. The van der Waals surface area contributed by atoms with E-state index in [1.54, 1.807) is 18.3 Å². The molecule has 3 aromatic rings. The summed E-state index contributed by atoms with van der Waals surface area (Å²) in [6, 6.07) is 5.29. The number of hydrogen-bond acceptors (Lipinski definition) is 4. The normalized spacial score (nSPS) is 11.3. The van der Waals surface area contributed by atoms with Crippen molar-refractivity contribution in [3.8, 4) is 0 Å². The molecule has 0 aliphatic rings. The number of halogens is 1.